The van der Waals surface area contributed by atoms with Gasteiger partial charge in [0.15, 0.2) is 0 Å². The molecular weight excluding hydrogens is 397 g/mol. The summed E-state index contributed by atoms with van der Waals surface area (Å²) in [6.07, 6.45) is 7.45. The molecule has 1 rings (SSSR count). The predicted molar refractivity (Wildman–Crippen MR) is 119 cm³/mol. The molecule has 0 aromatic heterocycles. The molecule has 0 spiro atoms. The van der Waals surface area contributed by atoms with Crippen molar-refractivity contribution in [3.63, 3.8) is 0 Å². The fourth-order valence-electron chi connectivity index (χ4n) is 2.72. The maximum Gasteiger partial charge on any atom is 0.125 e. The smallest absolute Gasteiger partial charge is 0.125 e. The lowest BCUT2D eigenvalue weighted by atomic mass is 10.0. The highest BCUT2D eigenvalue weighted by Crippen LogP contribution is 2.32. The third-order valence-corrected chi connectivity index (χ3v) is 4.17. The number of aryl methyl sites for hydroxylation is 2. The van der Waals surface area contributed by atoms with Gasteiger partial charge >= 0.3 is 0 Å². The summed E-state index contributed by atoms with van der Waals surface area (Å²) >= 11 is 11.3. The van der Waals surface area contributed by atoms with Crippen molar-refractivity contribution in [2.24, 2.45) is 5.16 Å². The zero-order valence-corrected chi connectivity index (χ0v) is 19.0. The summed E-state index contributed by atoms with van der Waals surface area (Å²) in [5.74, 6) is 1.83. The molecule has 0 N–H and O–H groups in total. The summed E-state index contributed by atoms with van der Waals surface area (Å²) in [4.78, 5) is 5.23. The number of rotatable bonds is 14. The molecule has 0 unspecified atom stereocenters. The summed E-state index contributed by atoms with van der Waals surface area (Å²) in [6.45, 7) is 9.79. The van der Waals surface area contributed by atoms with Crippen LogP contribution >= 0.6 is 23.2 Å². The monoisotopic (exact) mass is 429 g/mol. The molecule has 1 aromatic rings. The van der Waals surface area contributed by atoms with E-state index in [-0.39, 0.29) is 4.49 Å². The quantitative estimate of drug-likeness (QED) is 0.184. The van der Waals surface area contributed by atoms with E-state index in [1.165, 1.54) is 11.1 Å². The minimum atomic E-state index is 0.214. The van der Waals surface area contributed by atoms with E-state index in [2.05, 4.69) is 31.1 Å². The summed E-state index contributed by atoms with van der Waals surface area (Å²) in [5, 5.41) is 3.94. The van der Waals surface area contributed by atoms with E-state index in [0.29, 0.717) is 19.8 Å². The molecule has 0 heterocycles. The van der Waals surface area contributed by atoms with E-state index in [4.69, 9.17) is 37.5 Å². The van der Waals surface area contributed by atoms with Gasteiger partial charge in [0, 0.05) is 0 Å². The second-order valence-corrected chi connectivity index (χ2v) is 7.81. The standard InChI is InChI=1S/C22H33Cl2NO3/c1-5-9-18-15-20(26-14-11-21(23)24)16-19(10-6-2)22(18)27-12-7-8-13-28-25-17(3)4/h11,15-16H,5-10,12-14H2,1-4H3. The number of halogens is 2. The fraction of sp³-hybridized carbons (Fsp3) is 0.591. The van der Waals surface area contributed by atoms with E-state index in [1.807, 2.05) is 13.8 Å². The molecular formula is C22H33Cl2NO3. The molecule has 0 radical (unpaired) electrons. The Hall–Kier alpha value is -1.39. The highest BCUT2D eigenvalue weighted by molar-refractivity contribution is 6.55. The summed E-state index contributed by atoms with van der Waals surface area (Å²) in [6, 6.07) is 4.13. The lowest BCUT2D eigenvalue weighted by Gasteiger charge is -2.18. The lowest BCUT2D eigenvalue weighted by molar-refractivity contribution is 0.135. The number of unbranched alkanes of at least 4 members (excludes halogenated alkanes) is 1. The van der Waals surface area contributed by atoms with Crippen LogP contribution in [0.1, 0.15) is 64.5 Å². The van der Waals surface area contributed by atoms with Crippen LogP contribution < -0.4 is 9.47 Å². The van der Waals surface area contributed by atoms with Crippen LogP contribution in [0.25, 0.3) is 0 Å². The van der Waals surface area contributed by atoms with Gasteiger partial charge in [-0.1, -0.05) is 55.0 Å². The Kier molecular flexibility index (Phi) is 12.8. The van der Waals surface area contributed by atoms with Crippen LogP contribution in [0, 0.1) is 0 Å². The van der Waals surface area contributed by atoms with E-state index in [1.54, 1.807) is 6.08 Å². The highest BCUT2D eigenvalue weighted by Gasteiger charge is 2.13. The number of hydrogen-bond acceptors (Lipinski definition) is 4. The van der Waals surface area contributed by atoms with Gasteiger partial charge in [-0.05, 0) is 68.9 Å². The van der Waals surface area contributed by atoms with Crippen LogP contribution in [0.15, 0.2) is 27.9 Å². The van der Waals surface area contributed by atoms with Gasteiger partial charge in [-0.25, -0.2) is 0 Å². The van der Waals surface area contributed by atoms with Crippen molar-refractivity contribution in [2.45, 2.75) is 66.2 Å². The van der Waals surface area contributed by atoms with Gasteiger partial charge in [-0.2, -0.15) is 0 Å². The Bertz CT molecular complexity index is 610. The molecule has 0 bridgehead atoms. The van der Waals surface area contributed by atoms with Crippen LogP contribution in [0.4, 0.5) is 0 Å². The maximum absolute atomic E-state index is 6.20. The van der Waals surface area contributed by atoms with Crippen LogP contribution in [-0.2, 0) is 17.7 Å². The van der Waals surface area contributed by atoms with Crippen LogP contribution in [-0.4, -0.2) is 25.5 Å². The summed E-state index contributed by atoms with van der Waals surface area (Å²) in [7, 11) is 0. The van der Waals surface area contributed by atoms with Gasteiger partial charge < -0.3 is 14.3 Å². The van der Waals surface area contributed by atoms with E-state index < -0.39 is 0 Å². The number of ether oxygens (including phenoxy) is 2. The first-order valence-electron chi connectivity index (χ1n) is 10.0. The Morgan fingerprint density at radius 1 is 0.964 bits per heavy atom. The van der Waals surface area contributed by atoms with Crippen molar-refractivity contribution in [1.29, 1.82) is 0 Å². The third kappa shape index (κ3) is 10.2. The van der Waals surface area contributed by atoms with E-state index in [0.717, 1.165) is 55.7 Å². The van der Waals surface area contributed by atoms with Crippen molar-refractivity contribution < 1.29 is 14.3 Å². The van der Waals surface area contributed by atoms with Crippen LogP contribution in [0.5, 0.6) is 11.5 Å². The molecule has 0 saturated carbocycles. The molecule has 28 heavy (non-hydrogen) atoms. The van der Waals surface area contributed by atoms with Crippen molar-refractivity contribution in [3.05, 3.63) is 33.8 Å². The average Bonchev–Trinajstić information content (AvgIpc) is 2.62. The molecule has 0 aliphatic heterocycles. The Morgan fingerprint density at radius 2 is 1.57 bits per heavy atom. The molecule has 158 valence electrons. The van der Waals surface area contributed by atoms with E-state index >= 15 is 0 Å². The number of hydrogen-bond donors (Lipinski definition) is 0. The van der Waals surface area contributed by atoms with Gasteiger partial charge in [0.1, 0.15) is 29.2 Å². The van der Waals surface area contributed by atoms with Gasteiger partial charge in [-0.3, -0.25) is 0 Å². The fourth-order valence-corrected chi connectivity index (χ4v) is 2.85. The largest absolute Gasteiger partial charge is 0.493 e. The van der Waals surface area contributed by atoms with Crippen molar-refractivity contribution in [1.82, 2.24) is 0 Å². The van der Waals surface area contributed by atoms with Crippen molar-refractivity contribution in [3.8, 4) is 11.5 Å². The number of benzene rings is 1. The lowest BCUT2D eigenvalue weighted by Crippen LogP contribution is -2.06. The van der Waals surface area contributed by atoms with Gasteiger partial charge in [-0.15, -0.1) is 0 Å². The second kappa shape index (κ2) is 14.6. The Morgan fingerprint density at radius 3 is 2.11 bits per heavy atom. The first-order valence-corrected chi connectivity index (χ1v) is 10.8. The molecule has 0 fully saturated rings. The predicted octanol–water partition coefficient (Wildman–Crippen LogP) is 6.86. The van der Waals surface area contributed by atoms with Crippen LogP contribution in [0.2, 0.25) is 0 Å². The molecule has 0 amide bonds. The maximum atomic E-state index is 6.20. The highest BCUT2D eigenvalue weighted by atomic mass is 35.5. The molecule has 0 aliphatic carbocycles. The zero-order valence-electron chi connectivity index (χ0n) is 17.5. The van der Waals surface area contributed by atoms with Crippen molar-refractivity contribution in [2.75, 3.05) is 19.8 Å². The number of nitrogens with zero attached hydrogens (tertiary/aromatic N) is 1. The molecule has 0 aliphatic rings. The summed E-state index contributed by atoms with van der Waals surface area (Å²) < 4.78 is 12.2. The minimum Gasteiger partial charge on any atom is -0.493 e. The molecule has 1 aromatic carbocycles. The summed E-state index contributed by atoms with van der Waals surface area (Å²) in [5.41, 5.74) is 3.30. The normalized spacial score (nSPS) is 10.4. The minimum absolute atomic E-state index is 0.214. The first-order chi connectivity index (χ1) is 13.5. The van der Waals surface area contributed by atoms with Crippen LogP contribution in [0.3, 0.4) is 0 Å². The molecule has 4 nitrogen and oxygen atoms in total. The number of oxime groups is 1. The van der Waals surface area contributed by atoms with Gasteiger partial charge in [0.05, 0.1) is 12.3 Å². The Balaban J connectivity index is 2.77. The SMILES string of the molecule is CCCc1cc(OCC=C(Cl)Cl)cc(CCC)c1OCCCCON=C(C)C. The van der Waals surface area contributed by atoms with E-state index in [9.17, 15) is 0 Å². The second-order valence-electron chi connectivity index (χ2n) is 6.80. The Labute approximate surface area is 179 Å². The molecule has 6 heteroatoms. The third-order valence-electron chi connectivity index (χ3n) is 3.87. The molecule has 0 atom stereocenters. The van der Waals surface area contributed by atoms with Gasteiger partial charge in [0.25, 0.3) is 0 Å². The topological polar surface area (TPSA) is 40.0 Å². The average molecular weight is 430 g/mol. The zero-order chi connectivity index (χ0) is 20.8. The molecule has 0 saturated heterocycles. The van der Waals surface area contributed by atoms with Gasteiger partial charge in [0.2, 0.25) is 0 Å². The first kappa shape index (κ1) is 24.6. The van der Waals surface area contributed by atoms with Crippen molar-refractivity contribution >= 4 is 28.9 Å².